The van der Waals surface area contributed by atoms with Gasteiger partial charge in [-0.15, -0.1) is 0 Å². The first-order valence-corrected chi connectivity index (χ1v) is 6.77. The van der Waals surface area contributed by atoms with E-state index in [1.54, 1.807) is 31.4 Å². The molecule has 1 aromatic heterocycles. The average Bonchev–Trinajstić information content (AvgIpc) is 2.49. The summed E-state index contributed by atoms with van der Waals surface area (Å²) in [7, 11) is 1.75. The van der Waals surface area contributed by atoms with Crippen LogP contribution in [-0.4, -0.2) is 24.5 Å². The highest BCUT2D eigenvalue weighted by atomic mass is 19.1. The van der Waals surface area contributed by atoms with Crippen LogP contribution in [0.15, 0.2) is 36.5 Å². The number of halogens is 1. The van der Waals surface area contributed by atoms with Gasteiger partial charge in [0.05, 0.1) is 0 Å². The molecule has 0 aliphatic heterocycles. The molecule has 0 saturated carbocycles. The van der Waals surface area contributed by atoms with E-state index in [0.717, 1.165) is 11.1 Å². The molecule has 0 atom stereocenters. The molecule has 2 N–H and O–H groups in total. The van der Waals surface area contributed by atoms with E-state index < -0.39 is 0 Å². The van der Waals surface area contributed by atoms with Crippen molar-refractivity contribution >= 4 is 11.7 Å². The SMILES string of the molecule is CNc1cc(C(=O)NCCc2ccc(F)cc2C)ccn1. The third-order valence-corrected chi connectivity index (χ3v) is 3.26. The number of aryl methyl sites for hydroxylation is 1. The Morgan fingerprint density at radius 3 is 2.81 bits per heavy atom. The summed E-state index contributed by atoms with van der Waals surface area (Å²) in [6.07, 6.45) is 2.26. The van der Waals surface area contributed by atoms with Crippen molar-refractivity contribution in [2.24, 2.45) is 0 Å². The molecule has 4 nitrogen and oxygen atoms in total. The lowest BCUT2D eigenvalue weighted by molar-refractivity contribution is 0.0954. The molecule has 1 aromatic carbocycles. The van der Waals surface area contributed by atoms with Crippen molar-refractivity contribution in [3.8, 4) is 0 Å². The van der Waals surface area contributed by atoms with Gasteiger partial charge in [-0.25, -0.2) is 9.37 Å². The third kappa shape index (κ3) is 4.02. The monoisotopic (exact) mass is 287 g/mol. The van der Waals surface area contributed by atoms with E-state index in [-0.39, 0.29) is 11.7 Å². The summed E-state index contributed by atoms with van der Waals surface area (Å²) in [6, 6.07) is 8.05. The van der Waals surface area contributed by atoms with Crippen molar-refractivity contribution in [2.75, 3.05) is 18.9 Å². The normalized spacial score (nSPS) is 10.2. The van der Waals surface area contributed by atoms with Crippen LogP contribution in [0.5, 0.6) is 0 Å². The third-order valence-electron chi connectivity index (χ3n) is 3.26. The van der Waals surface area contributed by atoms with Crippen LogP contribution in [0.2, 0.25) is 0 Å². The number of hydrogen-bond acceptors (Lipinski definition) is 3. The molecule has 21 heavy (non-hydrogen) atoms. The standard InChI is InChI=1S/C16H18FN3O/c1-11-9-14(17)4-3-12(11)5-8-20-16(21)13-6-7-19-15(10-13)18-2/h3-4,6-7,9-10H,5,8H2,1-2H3,(H,18,19)(H,20,21). The number of nitrogens with zero attached hydrogens (tertiary/aromatic N) is 1. The predicted molar refractivity (Wildman–Crippen MR) is 81.0 cm³/mol. The molecule has 2 rings (SSSR count). The Labute approximate surface area is 123 Å². The zero-order valence-electron chi connectivity index (χ0n) is 12.1. The Morgan fingerprint density at radius 1 is 1.29 bits per heavy atom. The second kappa shape index (κ2) is 6.83. The largest absolute Gasteiger partial charge is 0.373 e. The number of nitrogens with one attached hydrogen (secondary N) is 2. The first-order valence-electron chi connectivity index (χ1n) is 6.77. The fraction of sp³-hybridized carbons (Fsp3) is 0.250. The second-order valence-corrected chi connectivity index (χ2v) is 4.76. The summed E-state index contributed by atoms with van der Waals surface area (Å²) < 4.78 is 13.0. The lowest BCUT2D eigenvalue weighted by atomic mass is 10.1. The summed E-state index contributed by atoms with van der Waals surface area (Å²) in [6.45, 7) is 2.37. The topological polar surface area (TPSA) is 54.0 Å². The van der Waals surface area contributed by atoms with Crippen LogP contribution in [0, 0.1) is 12.7 Å². The van der Waals surface area contributed by atoms with Gasteiger partial charge in [0.15, 0.2) is 0 Å². The molecule has 0 aliphatic carbocycles. The maximum atomic E-state index is 13.0. The number of aromatic nitrogens is 1. The number of hydrogen-bond donors (Lipinski definition) is 2. The van der Waals surface area contributed by atoms with Crippen molar-refractivity contribution in [1.82, 2.24) is 10.3 Å². The van der Waals surface area contributed by atoms with Gasteiger partial charge < -0.3 is 10.6 Å². The van der Waals surface area contributed by atoms with Gasteiger partial charge in [-0.05, 0) is 48.7 Å². The maximum absolute atomic E-state index is 13.0. The minimum atomic E-state index is -0.239. The number of amides is 1. The smallest absolute Gasteiger partial charge is 0.251 e. The van der Waals surface area contributed by atoms with Crippen LogP contribution >= 0.6 is 0 Å². The van der Waals surface area contributed by atoms with Gasteiger partial charge in [-0.1, -0.05) is 6.07 Å². The van der Waals surface area contributed by atoms with Crippen molar-refractivity contribution < 1.29 is 9.18 Å². The van der Waals surface area contributed by atoms with Crippen molar-refractivity contribution in [1.29, 1.82) is 0 Å². The number of pyridine rings is 1. The Bertz CT molecular complexity index is 643. The molecule has 110 valence electrons. The second-order valence-electron chi connectivity index (χ2n) is 4.76. The van der Waals surface area contributed by atoms with Crippen LogP contribution < -0.4 is 10.6 Å². The molecular formula is C16H18FN3O. The summed E-state index contributed by atoms with van der Waals surface area (Å²) in [5, 5.41) is 5.74. The molecular weight excluding hydrogens is 269 g/mol. The van der Waals surface area contributed by atoms with Crippen LogP contribution in [0.4, 0.5) is 10.2 Å². The zero-order chi connectivity index (χ0) is 15.2. The molecule has 0 aliphatic rings. The number of anilines is 1. The highest BCUT2D eigenvalue weighted by Gasteiger charge is 2.06. The van der Waals surface area contributed by atoms with Gasteiger partial charge in [-0.2, -0.15) is 0 Å². The summed E-state index contributed by atoms with van der Waals surface area (Å²) >= 11 is 0. The number of rotatable bonds is 5. The lowest BCUT2D eigenvalue weighted by Crippen LogP contribution is -2.26. The van der Waals surface area contributed by atoms with E-state index in [1.807, 2.05) is 6.92 Å². The van der Waals surface area contributed by atoms with Crippen molar-refractivity contribution in [2.45, 2.75) is 13.3 Å². The molecule has 0 saturated heterocycles. The van der Waals surface area contributed by atoms with E-state index in [9.17, 15) is 9.18 Å². The summed E-state index contributed by atoms with van der Waals surface area (Å²) in [4.78, 5) is 16.1. The molecule has 0 radical (unpaired) electrons. The fourth-order valence-electron chi connectivity index (χ4n) is 2.06. The van der Waals surface area contributed by atoms with Crippen molar-refractivity contribution in [3.63, 3.8) is 0 Å². The highest BCUT2D eigenvalue weighted by Crippen LogP contribution is 2.10. The molecule has 5 heteroatoms. The molecule has 1 amide bonds. The molecule has 0 bridgehead atoms. The van der Waals surface area contributed by atoms with Gasteiger partial charge >= 0.3 is 0 Å². The molecule has 0 fully saturated rings. The minimum absolute atomic E-state index is 0.145. The van der Waals surface area contributed by atoms with Crippen molar-refractivity contribution in [3.05, 3.63) is 59.0 Å². The number of benzene rings is 1. The Hall–Kier alpha value is -2.43. The van der Waals surface area contributed by atoms with Gasteiger partial charge in [0.1, 0.15) is 11.6 Å². The Morgan fingerprint density at radius 2 is 2.10 bits per heavy atom. The van der Waals surface area contributed by atoms with Gasteiger partial charge in [-0.3, -0.25) is 4.79 Å². The molecule has 2 aromatic rings. The predicted octanol–water partition coefficient (Wildman–Crippen LogP) is 2.54. The Balaban J connectivity index is 1.92. The fourth-order valence-corrected chi connectivity index (χ4v) is 2.06. The maximum Gasteiger partial charge on any atom is 0.251 e. The minimum Gasteiger partial charge on any atom is -0.373 e. The first-order chi connectivity index (χ1) is 10.1. The lowest BCUT2D eigenvalue weighted by Gasteiger charge is -2.08. The Kier molecular flexibility index (Phi) is 4.87. The van der Waals surface area contributed by atoms with Gasteiger partial charge in [0.2, 0.25) is 0 Å². The quantitative estimate of drug-likeness (QED) is 0.888. The van der Waals surface area contributed by atoms with Gasteiger partial charge in [0, 0.05) is 25.4 Å². The highest BCUT2D eigenvalue weighted by molar-refractivity contribution is 5.94. The molecule has 0 spiro atoms. The first kappa shape index (κ1) is 15.0. The van der Waals surface area contributed by atoms with Crippen LogP contribution in [-0.2, 0) is 6.42 Å². The molecule has 0 unspecified atom stereocenters. The van der Waals surface area contributed by atoms with Crippen LogP contribution in [0.3, 0.4) is 0 Å². The number of carbonyl (C=O) groups is 1. The average molecular weight is 287 g/mol. The summed E-state index contributed by atoms with van der Waals surface area (Å²) in [5.41, 5.74) is 2.48. The van der Waals surface area contributed by atoms with Gasteiger partial charge in [0.25, 0.3) is 5.91 Å². The van der Waals surface area contributed by atoms with E-state index in [0.29, 0.717) is 24.3 Å². The van der Waals surface area contributed by atoms with E-state index in [1.165, 1.54) is 12.1 Å². The molecule has 1 heterocycles. The number of carbonyl (C=O) groups excluding carboxylic acids is 1. The van der Waals surface area contributed by atoms with E-state index >= 15 is 0 Å². The summed E-state index contributed by atoms with van der Waals surface area (Å²) in [5.74, 6) is 0.266. The zero-order valence-corrected chi connectivity index (χ0v) is 12.1. The van der Waals surface area contributed by atoms with E-state index in [4.69, 9.17) is 0 Å². The van der Waals surface area contributed by atoms with E-state index in [2.05, 4.69) is 15.6 Å². The van der Waals surface area contributed by atoms with Crippen LogP contribution in [0.1, 0.15) is 21.5 Å². The van der Waals surface area contributed by atoms with Crippen LogP contribution in [0.25, 0.3) is 0 Å².